The lowest BCUT2D eigenvalue weighted by molar-refractivity contribution is 0.220. The van der Waals surface area contributed by atoms with Gasteiger partial charge in [0.2, 0.25) is 0 Å². The molecule has 0 aliphatic carbocycles. The average Bonchev–Trinajstić information content (AvgIpc) is 2.43. The lowest BCUT2D eigenvalue weighted by Crippen LogP contribution is -2.33. The summed E-state index contributed by atoms with van der Waals surface area (Å²) in [6, 6.07) is 0. The molecule has 4 nitrogen and oxygen atoms in total. The maximum atomic E-state index is 4.36. The van der Waals surface area contributed by atoms with E-state index in [0.717, 1.165) is 37.8 Å². The van der Waals surface area contributed by atoms with Crippen molar-refractivity contribution < 1.29 is 0 Å². The number of likely N-dealkylation sites (N-methyl/N-ethyl adjacent to an activating group) is 1. The Hall–Kier alpha value is -0.900. The van der Waals surface area contributed by atoms with Gasteiger partial charge in [-0.25, -0.2) is 9.67 Å². The summed E-state index contributed by atoms with van der Waals surface area (Å²) in [5.74, 6) is 2.00. The number of nitrogens with zero attached hydrogens (tertiary/aromatic N) is 4. The molecule has 0 radical (unpaired) electrons. The topological polar surface area (TPSA) is 34.0 Å². The van der Waals surface area contributed by atoms with Gasteiger partial charge in [0.25, 0.3) is 0 Å². The Bertz CT molecular complexity index is 279. The Morgan fingerprint density at radius 1 is 1.42 bits per heavy atom. The van der Waals surface area contributed by atoms with E-state index in [1.165, 1.54) is 0 Å². The Kier molecular flexibility index (Phi) is 1.84. The SMILES string of the molecule is CCN1CCn2nc(C)nc2C1. The molecule has 1 aromatic rings. The number of aromatic nitrogens is 3. The lowest BCUT2D eigenvalue weighted by atomic mass is 10.4. The number of aryl methyl sites for hydroxylation is 1. The minimum Gasteiger partial charge on any atom is -0.294 e. The molecule has 12 heavy (non-hydrogen) atoms. The van der Waals surface area contributed by atoms with Crippen LogP contribution in [0, 0.1) is 6.92 Å². The normalized spacial score (nSPS) is 17.8. The Balaban J connectivity index is 2.22. The molecule has 0 saturated heterocycles. The molecule has 0 saturated carbocycles. The van der Waals surface area contributed by atoms with E-state index in [9.17, 15) is 0 Å². The third kappa shape index (κ3) is 1.22. The molecule has 0 unspecified atom stereocenters. The maximum Gasteiger partial charge on any atom is 0.147 e. The molecule has 0 atom stereocenters. The van der Waals surface area contributed by atoms with E-state index in [2.05, 4.69) is 21.9 Å². The number of hydrogen-bond acceptors (Lipinski definition) is 3. The summed E-state index contributed by atoms with van der Waals surface area (Å²) in [6.45, 7) is 8.28. The number of fused-ring (bicyclic) bond motifs is 1. The minimum absolute atomic E-state index is 0.892. The summed E-state index contributed by atoms with van der Waals surface area (Å²) < 4.78 is 2.02. The van der Waals surface area contributed by atoms with Crippen LogP contribution in [0.5, 0.6) is 0 Å². The van der Waals surface area contributed by atoms with Gasteiger partial charge in [-0.1, -0.05) is 6.92 Å². The van der Waals surface area contributed by atoms with Crippen molar-refractivity contribution in [1.82, 2.24) is 19.7 Å². The summed E-state index contributed by atoms with van der Waals surface area (Å²) in [6.07, 6.45) is 0. The fourth-order valence-corrected chi connectivity index (χ4v) is 1.58. The molecule has 1 aliphatic heterocycles. The number of hydrogen-bond donors (Lipinski definition) is 0. The summed E-state index contributed by atoms with van der Waals surface area (Å²) in [5, 5.41) is 4.30. The van der Waals surface area contributed by atoms with Crippen molar-refractivity contribution in [2.45, 2.75) is 26.9 Å². The molecule has 0 fully saturated rings. The van der Waals surface area contributed by atoms with Crippen LogP contribution in [0.2, 0.25) is 0 Å². The fraction of sp³-hybridized carbons (Fsp3) is 0.750. The van der Waals surface area contributed by atoms with E-state index in [4.69, 9.17) is 0 Å². The fourth-order valence-electron chi connectivity index (χ4n) is 1.58. The second kappa shape index (κ2) is 2.86. The first-order valence-electron chi connectivity index (χ1n) is 4.42. The monoisotopic (exact) mass is 166 g/mol. The number of rotatable bonds is 1. The molecule has 0 spiro atoms. The zero-order valence-electron chi connectivity index (χ0n) is 7.62. The van der Waals surface area contributed by atoms with Crippen LogP contribution in [0.1, 0.15) is 18.6 Å². The molecule has 0 aromatic carbocycles. The predicted molar refractivity (Wildman–Crippen MR) is 45.7 cm³/mol. The molecular weight excluding hydrogens is 152 g/mol. The van der Waals surface area contributed by atoms with Crippen molar-refractivity contribution in [1.29, 1.82) is 0 Å². The molecule has 66 valence electrons. The molecule has 4 heteroatoms. The molecule has 0 bridgehead atoms. The summed E-state index contributed by atoms with van der Waals surface area (Å²) in [4.78, 5) is 6.74. The molecule has 0 amide bonds. The molecule has 2 heterocycles. The highest BCUT2D eigenvalue weighted by Gasteiger charge is 2.16. The highest BCUT2D eigenvalue weighted by atomic mass is 15.4. The van der Waals surface area contributed by atoms with Gasteiger partial charge in [-0.15, -0.1) is 0 Å². The third-order valence-electron chi connectivity index (χ3n) is 2.29. The van der Waals surface area contributed by atoms with Crippen LogP contribution < -0.4 is 0 Å². The summed E-state index contributed by atoms with van der Waals surface area (Å²) in [5.41, 5.74) is 0. The average molecular weight is 166 g/mol. The quantitative estimate of drug-likeness (QED) is 0.606. The van der Waals surface area contributed by atoms with E-state index in [-0.39, 0.29) is 0 Å². The molecule has 2 rings (SSSR count). The van der Waals surface area contributed by atoms with Gasteiger partial charge in [0.1, 0.15) is 11.6 Å². The zero-order valence-corrected chi connectivity index (χ0v) is 7.62. The van der Waals surface area contributed by atoms with Crippen LogP contribution in [-0.4, -0.2) is 32.8 Å². The zero-order chi connectivity index (χ0) is 8.55. The Morgan fingerprint density at radius 2 is 2.25 bits per heavy atom. The standard InChI is InChI=1S/C8H14N4/c1-3-11-4-5-12-8(6-11)9-7(2)10-12/h3-6H2,1-2H3. The van der Waals surface area contributed by atoms with Crippen molar-refractivity contribution in [3.8, 4) is 0 Å². The molecule has 1 aliphatic rings. The van der Waals surface area contributed by atoms with Crippen molar-refractivity contribution in [2.75, 3.05) is 13.1 Å². The summed E-state index contributed by atoms with van der Waals surface area (Å²) in [7, 11) is 0. The first-order valence-corrected chi connectivity index (χ1v) is 4.42. The smallest absolute Gasteiger partial charge is 0.147 e. The van der Waals surface area contributed by atoms with Crippen molar-refractivity contribution in [2.24, 2.45) is 0 Å². The van der Waals surface area contributed by atoms with Gasteiger partial charge in [0, 0.05) is 6.54 Å². The van der Waals surface area contributed by atoms with Crippen LogP contribution in [0.15, 0.2) is 0 Å². The van der Waals surface area contributed by atoms with E-state index in [0.29, 0.717) is 0 Å². The predicted octanol–water partition coefficient (Wildman–Crippen LogP) is 0.422. The molecular formula is C8H14N4. The first kappa shape index (κ1) is 7.73. The molecule has 1 aromatic heterocycles. The van der Waals surface area contributed by atoms with E-state index >= 15 is 0 Å². The van der Waals surface area contributed by atoms with E-state index < -0.39 is 0 Å². The van der Waals surface area contributed by atoms with Gasteiger partial charge < -0.3 is 0 Å². The van der Waals surface area contributed by atoms with Gasteiger partial charge in [-0.05, 0) is 13.5 Å². The van der Waals surface area contributed by atoms with Gasteiger partial charge in [0.15, 0.2) is 0 Å². The second-order valence-electron chi connectivity index (χ2n) is 3.17. The van der Waals surface area contributed by atoms with E-state index in [1.54, 1.807) is 0 Å². The van der Waals surface area contributed by atoms with Crippen molar-refractivity contribution in [3.63, 3.8) is 0 Å². The highest BCUT2D eigenvalue weighted by Crippen LogP contribution is 2.08. The van der Waals surface area contributed by atoms with Crippen LogP contribution in [0.4, 0.5) is 0 Å². The minimum atomic E-state index is 0.892. The van der Waals surface area contributed by atoms with Crippen molar-refractivity contribution >= 4 is 0 Å². The highest BCUT2D eigenvalue weighted by molar-refractivity contribution is 4.93. The van der Waals surface area contributed by atoms with Gasteiger partial charge >= 0.3 is 0 Å². The van der Waals surface area contributed by atoms with Crippen LogP contribution in [0.3, 0.4) is 0 Å². The Labute approximate surface area is 72.2 Å². The largest absolute Gasteiger partial charge is 0.294 e. The first-order chi connectivity index (χ1) is 5.79. The lowest BCUT2D eigenvalue weighted by Gasteiger charge is -2.24. The Morgan fingerprint density at radius 3 is 3.00 bits per heavy atom. The van der Waals surface area contributed by atoms with Gasteiger partial charge in [-0.2, -0.15) is 5.10 Å². The van der Waals surface area contributed by atoms with Crippen molar-refractivity contribution in [3.05, 3.63) is 11.6 Å². The van der Waals surface area contributed by atoms with Gasteiger partial charge in [-0.3, -0.25) is 4.90 Å². The van der Waals surface area contributed by atoms with Crippen LogP contribution in [-0.2, 0) is 13.1 Å². The summed E-state index contributed by atoms with van der Waals surface area (Å²) >= 11 is 0. The second-order valence-corrected chi connectivity index (χ2v) is 3.17. The maximum absolute atomic E-state index is 4.36. The van der Waals surface area contributed by atoms with Gasteiger partial charge in [0.05, 0.1) is 13.1 Å². The third-order valence-corrected chi connectivity index (χ3v) is 2.29. The van der Waals surface area contributed by atoms with Crippen LogP contribution >= 0.6 is 0 Å². The molecule has 0 N–H and O–H groups in total. The van der Waals surface area contributed by atoms with E-state index in [1.807, 2.05) is 11.6 Å². The van der Waals surface area contributed by atoms with Crippen LogP contribution in [0.25, 0.3) is 0 Å².